The molecule has 1 amide bonds. The van der Waals surface area contributed by atoms with Crippen molar-refractivity contribution < 1.29 is 28.6 Å². The first-order valence-corrected chi connectivity index (χ1v) is 11.6. The summed E-state index contributed by atoms with van der Waals surface area (Å²) in [5.41, 5.74) is 1.41. The van der Waals surface area contributed by atoms with Gasteiger partial charge in [0.15, 0.2) is 15.5 Å². The first-order valence-electron chi connectivity index (χ1n) is 10.3. The Bertz CT molecular complexity index is 1240. The van der Waals surface area contributed by atoms with Crippen LogP contribution in [0, 0.1) is 16.3 Å². The van der Waals surface area contributed by atoms with Crippen LogP contribution >= 0.6 is 23.6 Å². The molecule has 2 saturated heterocycles. The highest BCUT2D eigenvalue weighted by Gasteiger charge is 2.74. The van der Waals surface area contributed by atoms with Gasteiger partial charge in [0.05, 0.1) is 17.8 Å². The number of hydrogen-bond donors (Lipinski definition) is 0. The molecular formula is C21H18N2O6S2. The summed E-state index contributed by atoms with van der Waals surface area (Å²) in [7, 11) is 0. The number of ether oxygens (including phenoxy) is 3. The monoisotopic (exact) mass is 458 g/mol. The van der Waals surface area contributed by atoms with E-state index in [1.807, 2.05) is 23.3 Å². The fraction of sp³-hybridized carbons (Fsp3) is 0.476. The molecule has 31 heavy (non-hydrogen) atoms. The molecule has 3 fully saturated rings. The fourth-order valence-electron chi connectivity index (χ4n) is 6.03. The lowest BCUT2D eigenvalue weighted by Gasteiger charge is -2.46. The van der Waals surface area contributed by atoms with Gasteiger partial charge in [0.25, 0.3) is 5.91 Å². The highest BCUT2D eigenvalue weighted by atomic mass is 32.1. The van der Waals surface area contributed by atoms with Crippen molar-refractivity contribution in [2.45, 2.75) is 43.9 Å². The second-order valence-electron chi connectivity index (χ2n) is 8.78. The Morgan fingerprint density at radius 3 is 2.90 bits per heavy atom. The van der Waals surface area contributed by atoms with E-state index in [9.17, 15) is 9.59 Å². The zero-order valence-electron chi connectivity index (χ0n) is 16.5. The maximum Gasteiger partial charge on any atom is 0.343 e. The van der Waals surface area contributed by atoms with Crippen molar-refractivity contribution in [2.75, 3.05) is 13.3 Å². The van der Waals surface area contributed by atoms with E-state index in [1.54, 1.807) is 6.07 Å². The summed E-state index contributed by atoms with van der Waals surface area (Å²) in [5, 5.41) is 1.86. The molecular weight excluding hydrogens is 440 g/mol. The van der Waals surface area contributed by atoms with Gasteiger partial charge in [0, 0.05) is 23.4 Å². The smallest absolute Gasteiger partial charge is 0.343 e. The number of benzene rings is 1. The molecule has 160 valence electrons. The largest absolute Gasteiger partial charge is 0.454 e. The molecule has 1 aromatic heterocycles. The molecule has 4 aliphatic heterocycles. The molecule has 1 saturated carbocycles. The van der Waals surface area contributed by atoms with Gasteiger partial charge in [-0.05, 0) is 49.7 Å². The lowest BCUT2D eigenvalue weighted by molar-refractivity contribution is -0.161. The minimum Gasteiger partial charge on any atom is -0.454 e. The lowest BCUT2D eigenvalue weighted by Crippen LogP contribution is -2.59. The van der Waals surface area contributed by atoms with Crippen LogP contribution < -0.4 is 14.3 Å². The molecule has 5 atom stereocenters. The normalized spacial score (nSPS) is 33.6. The molecule has 2 aromatic rings. The van der Waals surface area contributed by atoms with Crippen molar-refractivity contribution in [1.29, 1.82) is 0 Å². The number of carbonyl (C=O) groups is 2. The van der Waals surface area contributed by atoms with Gasteiger partial charge >= 0.3 is 5.97 Å². The molecule has 7 rings (SSSR count). The van der Waals surface area contributed by atoms with Crippen molar-refractivity contribution >= 4 is 35.4 Å². The van der Waals surface area contributed by atoms with Gasteiger partial charge in [-0.15, -0.1) is 11.3 Å². The number of aromatic nitrogens is 1. The van der Waals surface area contributed by atoms with Gasteiger partial charge in [-0.25, -0.2) is 4.79 Å². The molecule has 5 heterocycles. The Labute approximate surface area is 186 Å². The van der Waals surface area contributed by atoms with Gasteiger partial charge < -0.3 is 23.9 Å². The number of nitrogens with zero attached hydrogens (tertiary/aromatic N) is 2. The van der Waals surface area contributed by atoms with E-state index in [2.05, 4.69) is 0 Å². The van der Waals surface area contributed by atoms with Crippen molar-refractivity contribution in [3.05, 3.63) is 38.3 Å². The summed E-state index contributed by atoms with van der Waals surface area (Å²) in [6.45, 7) is 2.49. The van der Waals surface area contributed by atoms with Gasteiger partial charge in [-0.2, -0.15) is 4.73 Å². The number of epoxide rings is 1. The molecule has 5 aliphatic rings. The average Bonchev–Trinajstić information content (AvgIpc) is 3.08. The van der Waals surface area contributed by atoms with Crippen LogP contribution in [0.1, 0.15) is 40.4 Å². The van der Waals surface area contributed by atoms with Gasteiger partial charge in [-0.1, -0.05) is 0 Å². The number of amides is 1. The summed E-state index contributed by atoms with van der Waals surface area (Å²) in [6.07, 6.45) is 1.02. The predicted molar refractivity (Wildman–Crippen MR) is 110 cm³/mol. The number of rotatable bonds is 2. The Hall–Kier alpha value is -2.43. The van der Waals surface area contributed by atoms with Gasteiger partial charge in [-0.3, -0.25) is 4.79 Å². The van der Waals surface area contributed by atoms with Gasteiger partial charge in [0.2, 0.25) is 6.79 Å². The minimum absolute atomic E-state index is 0.0169. The highest BCUT2D eigenvalue weighted by molar-refractivity contribution is 7.73. The van der Waals surface area contributed by atoms with E-state index in [0.29, 0.717) is 34.0 Å². The predicted octanol–water partition coefficient (Wildman–Crippen LogP) is 2.44. The van der Waals surface area contributed by atoms with Crippen LogP contribution in [0.4, 0.5) is 0 Å². The SMILES string of the molecule is Cc1csc(=S)n1OC(=O)[C@]12CCN3C(=O)c4cc5c(cc4[C@@H](C[C@H]4O[C@H]41)[C@@H]32)OCO5. The van der Waals surface area contributed by atoms with Crippen LogP contribution in [-0.4, -0.2) is 53.1 Å². The van der Waals surface area contributed by atoms with E-state index < -0.39 is 5.41 Å². The Morgan fingerprint density at radius 1 is 1.32 bits per heavy atom. The van der Waals surface area contributed by atoms with Crippen LogP contribution in [0.3, 0.4) is 0 Å². The third-order valence-corrected chi connectivity index (χ3v) is 8.67. The zero-order valence-corrected chi connectivity index (χ0v) is 18.2. The lowest BCUT2D eigenvalue weighted by atomic mass is 9.62. The molecule has 0 bridgehead atoms. The highest BCUT2D eigenvalue weighted by Crippen LogP contribution is 2.62. The molecule has 1 aliphatic carbocycles. The number of hydrogen-bond acceptors (Lipinski definition) is 8. The number of carbonyl (C=O) groups excluding carboxylic acids is 2. The molecule has 8 nitrogen and oxygen atoms in total. The molecule has 0 unspecified atom stereocenters. The number of aryl methyl sites for hydroxylation is 1. The van der Waals surface area contributed by atoms with Crippen LogP contribution in [0.25, 0.3) is 0 Å². The van der Waals surface area contributed by atoms with Crippen LogP contribution in [0.15, 0.2) is 17.5 Å². The zero-order chi connectivity index (χ0) is 21.1. The maximum atomic E-state index is 13.7. The van der Waals surface area contributed by atoms with E-state index >= 15 is 0 Å². The topological polar surface area (TPSA) is 82.5 Å². The van der Waals surface area contributed by atoms with Crippen molar-refractivity contribution in [3.8, 4) is 11.5 Å². The molecule has 0 spiro atoms. The molecule has 0 N–H and O–H groups in total. The molecule has 1 aromatic carbocycles. The van der Waals surface area contributed by atoms with Crippen molar-refractivity contribution in [3.63, 3.8) is 0 Å². The quantitative estimate of drug-likeness (QED) is 0.505. The second kappa shape index (κ2) is 5.87. The minimum atomic E-state index is -0.902. The third-order valence-electron chi connectivity index (χ3n) is 7.39. The van der Waals surface area contributed by atoms with E-state index in [0.717, 1.165) is 17.7 Å². The van der Waals surface area contributed by atoms with Crippen LogP contribution in [0.5, 0.6) is 11.5 Å². The summed E-state index contributed by atoms with van der Waals surface area (Å²) >= 11 is 6.68. The van der Waals surface area contributed by atoms with E-state index in [1.165, 1.54) is 16.1 Å². The summed E-state index contributed by atoms with van der Waals surface area (Å²) in [5.74, 6) is 0.760. The Kier molecular flexibility index (Phi) is 3.44. The van der Waals surface area contributed by atoms with E-state index in [-0.39, 0.29) is 42.8 Å². The Morgan fingerprint density at radius 2 is 2.13 bits per heavy atom. The summed E-state index contributed by atoms with van der Waals surface area (Å²) in [4.78, 5) is 34.8. The van der Waals surface area contributed by atoms with Crippen molar-refractivity contribution in [1.82, 2.24) is 9.63 Å². The average molecular weight is 459 g/mol. The standard InChI is InChI=1S/C21H18N2O6S2/c1-9-7-31-20(30)23(9)29-19(25)21-2-3-22-16(21)11(5-15-17(21)28-15)10-4-13-14(27-8-26-13)6-12(10)18(22)24/h4,6-7,11,15-17H,2-3,5,8H2,1H3/t11-,15-,16-,17-,21+/m1/s1. The first-order chi connectivity index (χ1) is 15.0. The first kappa shape index (κ1) is 18.2. The summed E-state index contributed by atoms with van der Waals surface area (Å²) in [6, 6.07) is 3.38. The summed E-state index contributed by atoms with van der Waals surface area (Å²) < 4.78 is 19.0. The second-order valence-corrected chi connectivity index (χ2v) is 10.3. The van der Waals surface area contributed by atoms with E-state index in [4.69, 9.17) is 31.3 Å². The van der Waals surface area contributed by atoms with Crippen LogP contribution in [-0.2, 0) is 9.53 Å². The van der Waals surface area contributed by atoms with Crippen LogP contribution in [0.2, 0.25) is 0 Å². The molecule has 0 radical (unpaired) electrons. The molecule has 10 heteroatoms. The number of thiazole rings is 1. The third kappa shape index (κ3) is 2.20. The Balaban J connectivity index is 1.35. The number of fused-ring (bicyclic) bond motifs is 5. The maximum absolute atomic E-state index is 13.7. The van der Waals surface area contributed by atoms with Gasteiger partial charge in [0.1, 0.15) is 11.5 Å². The fourth-order valence-corrected chi connectivity index (χ4v) is 7.00. The van der Waals surface area contributed by atoms with Crippen molar-refractivity contribution in [2.24, 2.45) is 5.41 Å².